The van der Waals surface area contributed by atoms with Gasteiger partial charge in [-0.05, 0) is 79.7 Å². The third-order valence-electron chi connectivity index (χ3n) is 9.24. The van der Waals surface area contributed by atoms with Crippen molar-refractivity contribution in [2.45, 2.75) is 66.3 Å². The van der Waals surface area contributed by atoms with Gasteiger partial charge in [-0.25, -0.2) is 4.79 Å². The second-order valence-electron chi connectivity index (χ2n) is 11.7. The summed E-state index contributed by atoms with van der Waals surface area (Å²) in [6.07, 6.45) is 8.05. The van der Waals surface area contributed by atoms with E-state index in [4.69, 9.17) is 4.99 Å². The van der Waals surface area contributed by atoms with Gasteiger partial charge in [0.25, 0.3) is 0 Å². The van der Waals surface area contributed by atoms with Crippen LogP contribution in [-0.4, -0.2) is 54.9 Å². The fourth-order valence-electron chi connectivity index (χ4n) is 6.82. The molecule has 0 spiro atoms. The molecule has 10 nitrogen and oxygen atoms in total. The van der Waals surface area contributed by atoms with Crippen LogP contribution in [0.3, 0.4) is 0 Å². The molecule has 8 bridgehead atoms. The quantitative estimate of drug-likeness (QED) is 0.269. The van der Waals surface area contributed by atoms with E-state index in [2.05, 4.69) is 28.8 Å². The molecule has 0 saturated carbocycles. The summed E-state index contributed by atoms with van der Waals surface area (Å²) in [5.74, 6) is -3.87. The number of carboxylic acids is 3. The van der Waals surface area contributed by atoms with E-state index in [0.29, 0.717) is 22.6 Å². The standard InChI is InChI=1S/C34H38N4O6/c1-7-19-15(3)23-12-25-17(5)21(9-10-29(39)40)32(37-25)22(11-30(41)42)33-31(34(43)44)18(6)26(38-33)14-28-20(8-2)16(4)24(36-28)13-27(19)35-23/h7,12-14,17,21,33,35-37H,1,8-11H2,2-6H3,(H,39,40)(H,41,42)(H,43,44)/b24-13?,25-12?,28-14?,32-22-/t17-,21-,33-/m0/s1. The van der Waals surface area contributed by atoms with Gasteiger partial charge in [0.05, 0.1) is 17.7 Å². The maximum Gasteiger partial charge on any atom is 0.334 e. The van der Waals surface area contributed by atoms with Gasteiger partial charge in [-0.3, -0.25) is 14.6 Å². The average Bonchev–Trinajstić information content (AvgIpc) is 3.63. The minimum Gasteiger partial charge on any atom is -0.481 e. The Kier molecular flexibility index (Phi) is 8.11. The molecule has 10 heteroatoms. The van der Waals surface area contributed by atoms with Crippen molar-refractivity contribution in [2.24, 2.45) is 16.8 Å². The minimum absolute atomic E-state index is 0.0151. The molecule has 1 saturated heterocycles. The number of aromatic amines is 2. The summed E-state index contributed by atoms with van der Waals surface area (Å²) in [7, 11) is 0. The number of allylic oxidation sites excluding steroid dienone is 3. The van der Waals surface area contributed by atoms with Crippen molar-refractivity contribution in [3.8, 4) is 0 Å². The van der Waals surface area contributed by atoms with E-state index in [9.17, 15) is 29.7 Å². The minimum atomic E-state index is -1.18. The largest absolute Gasteiger partial charge is 0.481 e. The van der Waals surface area contributed by atoms with Crippen molar-refractivity contribution in [1.29, 1.82) is 0 Å². The smallest absolute Gasteiger partial charge is 0.334 e. The van der Waals surface area contributed by atoms with E-state index in [1.54, 1.807) is 6.92 Å². The Morgan fingerprint density at radius 3 is 2.32 bits per heavy atom. The van der Waals surface area contributed by atoms with Crippen LogP contribution in [0, 0.1) is 25.7 Å². The van der Waals surface area contributed by atoms with Gasteiger partial charge in [-0.2, -0.15) is 0 Å². The summed E-state index contributed by atoms with van der Waals surface area (Å²) in [6, 6.07) is -1.05. The van der Waals surface area contributed by atoms with Gasteiger partial charge in [0.15, 0.2) is 0 Å². The van der Waals surface area contributed by atoms with Gasteiger partial charge in [-0.15, -0.1) is 0 Å². The first kappa shape index (κ1) is 30.6. The molecule has 0 aliphatic carbocycles. The van der Waals surface area contributed by atoms with Gasteiger partial charge < -0.3 is 30.6 Å². The molecular formula is C34H38N4O6. The molecule has 6 N–H and O–H groups in total. The highest BCUT2D eigenvalue weighted by Gasteiger charge is 2.40. The highest BCUT2D eigenvalue weighted by molar-refractivity contribution is 6.25. The molecular weight excluding hydrogens is 560 g/mol. The van der Waals surface area contributed by atoms with Crippen LogP contribution in [0.15, 0.2) is 39.7 Å². The number of hydrogen-bond acceptors (Lipinski definition) is 5. The first-order valence-electron chi connectivity index (χ1n) is 14.8. The van der Waals surface area contributed by atoms with Crippen LogP contribution >= 0.6 is 0 Å². The molecule has 5 rings (SSSR count). The Morgan fingerprint density at radius 2 is 1.70 bits per heavy atom. The first-order chi connectivity index (χ1) is 20.9. The predicted octanol–water partition coefficient (Wildman–Crippen LogP) is 3.80. The Hall–Kier alpha value is -4.86. The van der Waals surface area contributed by atoms with E-state index < -0.39 is 30.4 Å². The zero-order valence-corrected chi connectivity index (χ0v) is 25.6. The number of H-pyrrole nitrogens is 2. The predicted molar refractivity (Wildman–Crippen MR) is 169 cm³/mol. The Morgan fingerprint density at radius 1 is 0.977 bits per heavy atom. The maximum absolute atomic E-state index is 12.7. The van der Waals surface area contributed by atoms with Crippen molar-refractivity contribution >= 4 is 47.9 Å². The number of aliphatic carboxylic acids is 3. The molecule has 0 radical (unpaired) electrons. The van der Waals surface area contributed by atoms with E-state index in [1.165, 1.54) is 0 Å². The maximum atomic E-state index is 12.7. The number of fused-ring (bicyclic) bond motifs is 7. The molecule has 3 aliphatic heterocycles. The van der Waals surface area contributed by atoms with E-state index >= 15 is 0 Å². The Balaban J connectivity index is 1.90. The van der Waals surface area contributed by atoms with Crippen molar-refractivity contribution in [3.05, 3.63) is 79.0 Å². The van der Waals surface area contributed by atoms with E-state index in [-0.39, 0.29) is 30.3 Å². The normalized spacial score (nSPS) is 22.5. The Bertz CT molecular complexity index is 1860. The number of nitrogens with zero attached hydrogens (tertiary/aromatic N) is 1. The molecule has 0 amide bonds. The zero-order chi connectivity index (χ0) is 32.0. The SMILES string of the molecule is C=Cc1c2[nH]c(c1C)C=C1N/C(=C(/CC(=O)O)[C@@H]3N=C(C=c4[nH]c(c(C)c4CC)=C2)C(C)=C3C(=O)O)[C@@H](CCC(=O)O)[C@@H]1C. The van der Waals surface area contributed by atoms with Crippen LogP contribution in [0.1, 0.15) is 73.7 Å². The van der Waals surface area contributed by atoms with Crippen LogP contribution < -0.4 is 16.0 Å². The van der Waals surface area contributed by atoms with Gasteiger partial charge in [0, 0.05) is 57.3 Å². The molecule has 3 atom stereocenters. The number of aliphatic imine (C=N–C) groups is 1. The third kappa shape index (κ3) is 5.25. The van der Waals surface area contributed by atoms with Crippen LogP contribution in [0.4, 0.5) is 0 Å². The molecule has 2 aromatic heterocycles. The summed E-state index contributed by atoms with van der Waals surface area (Å²) in [4.78, 5) is 48.5. The summed E-state index contributed by atoms with van der Waals surface area (Å²) in [6.45, 7) is 13.8. The highest BCUT2D eigenvalue weighted by Crippen LogP contribution is 2.42. The molecule has 230 valence electrons. The number of carboxylic acid groups (broad SMARTS) is 3. The van der Waals surface area contributed by atoms with Crippen LogP contribution in [0.2, 0.25) is 0 Å². The summed E-state index contributed by atoms with van der Waals surface area (Å²) < 4.78 is 0. The van der Waals surface area contributed by atoms with Crippen molar-refractivity contribution in [1.82, 2.24) is 15.3 Å². The topological polar surface area (TPSA) is 168 Å². The van der Waals surface area contributed by atoms with Gasteiger partial charge >= 0.3 is 17.9 Å². The fourth-order valence-corrected chi connectivity index (χ4v) is 6.82. The van der Waals surface area contributed by atoms with Crippen molar-refractivity contribution < 1.29 is 29.7 Å². The number of rotatable bonds is 8. The second kappa shape index (κ2) is 11.7. The Labute approximate surface area is 255 Å². The first-order valence-corrected chi connectivity index (χ1v) is 14.8. The highest BCUT2D eigenvalue weighted by atomic mass is 16.4. The lowest BCUT2D eigenvalue weighted by Crippen LogP contribution is -2.24. The molecule has 1 fully saturated rings. The lowest BCUT2D eigenvalue weighted by molar-refractivity contribution is -0.138. The van der Waals surface area contributed by atoms with Crippen LogP contribution in [0.5, 0.6) is 0 Å². The summed E-state index contributed by atoms with van der Waals surface area (Å²) >= 11 is 0. The van der Waals surface area contributed by atoms with Gasteiger partial charge in [0.1, 0.15) is 6.04 Å². The molecule has 0 unspecified atom stereocenters. The summed E-state index contributed by atoms with van der Waals surface area (Å²) in [5.41, 5.74) is 8.29. The van der Waals surface area contributed by atoms with Crippen LogP contribution in [-0.2, 0) is 20.8 Å². The van der Waals surface area contributed by atoms with Crippen molar-refractivity contribution in [3.63, 3.8) is 0 Å². The molecule has 2 aromatic rings. The lowest BCUT2D eigenvalue weighted by Gasteiger charge is -2.21. The van der Waals surface area contributed by atoms with E-state index in [1.807, 2.05) is 45.1 Å². The fraction of sp³-hybridized carbons (Fsp3) is 0.353. The molecule has 3 aliphatic rings. The van der Waals surface area contributed by atoms with Gasteiger partial charge in [-0.1, -0.05) is 26.5 Å². The summed E-state index contributed by atoms with van der Waals surface area (Å²) in [5, 5.41) is 35.1. The van der Waals surface area contributed by atoms with Crippen LogP contribution in [0.25, 0.3) is 24.3 Å². The number of nitrogens with one attached hydrogen (secondary N) is 3. The zero-order valence-electron chi connectivity index (χ0n) is 25.6. The number of carbonyl (C=O) groups is 3. The number of hydrogen-bond donors (Lipinski definition) is 6. The third-order valence-corrected chi connectivity index (χ3v) is 9.24. The molecule has 0 aromatic carbocycles. The molecule has 5 heterocycles. The average molecular weight is 599 g/mol. The second-order valence-corrected chi connectivity index (χ2v) is 11.7. The van der Waals surface area contributed by atoms with Crippen molar-refractivity contribution in [2.75, 3.05) is 0 Å². The lowest BCUT2D eigenvalue weighted by atomic mass is 9.84. The molecule has 44 heavy (non-hydrogen) atoms. The monoisotopic (exact) mass is 598 g/mol. The number of aromatic nitrogens is 2. The van der Waals surface area contributed by atoms with Gasteiger partial charge in [0.2, 0.25) is 0 Å². The van der Waals surface area contributed by atoms with E-state index in [0.717, 1.165) is 56.5 Å².